The van der Waals surface area contributed by atoms with Gasteiger partial charge in [-0.15, -0.1) is 0 Å². The van der Waals surface area contributed by atoms with E-state index in [4.69, 9.17) is 4.74 Å². The average molecular weight is 391 g/mol. The minimum absolute atomic E-state index is 0.0860. The molecule has 0 aliphatic rings. The normalized spacial score (nSPS) is 11.4. The Morgan fingerprint density at radius 2 is 1.81 bits per heavy atom. The number of ether oxygens (including phenoxy) is 1. The molecular weight excluding hydrogens is 364 g/mol. The van der Waals surface area contributed by atoms with Crippen LogP contribution in [0.15, 0.2) is 59.5 Å². The predicted octanol–water partition coefficient (Wildman–Crippen LogP) is 2.91. The van der Waals surface area contributed by atoms with Crippen LogP contribution in [0.5, 0.6) is 5.75 Å². The van der Waals surface area contributed by atoms with Gasteiger partial charge in [-0.25, -0.2) is 13.1 Å². The quantitative estimate of drug-likeness (QED) is 0.668. The van der Waals surface area contributed by atoms with E-state index in [2.05, 4.69) is 4.72 Å². The van der Waals surface area contributed by atoms with E-state index in [1.165, 1.54) is 12.1 Å². The Kier molecular flexibility index (Phi) is 7.38. The van der Waals surface area contributed by atoms with Crippen LogP contribution < -0.4 is 9.46 Å². The molecule has 0 saturated heterocycles. The molecule has 146 valence electrons. The number of benzene rings is 2. The second-order valence-electron chi connectivity index (χ2n) is 6.55. The number of sulfonamides is 1. The molecule has 0 fully saturated rings. The third-order valence-corrected chi connectivity index (χ3v) is 5.43. The summed E-state index contributed by atoms with van der Waals surface area (Å²) < 4.78 is 32.7. The van der Waals surface area contributed by atoms with Crippen LogP contribution in [0.2, 0.25) is 0 Å². The van der Waals surface area contributed by atoms with Crippen LogP contribution in [0.3, 0.4) is 0 Å². The topological polar surface area (TPSA) is 75.7 Å². The highest BCUT2D eigenvalue weighted by Crippen LogP contribution is 2.14. The molecule has 7 heteroatoms. The molecule has 0 aliphatic carbocycles. The first kappa shape index (κ1) is 20.9. The number of nitrogens with one attached hydrogen (secondary N) is 1. The molecule has 2 rings (SSSR count). The Morgan fingerprint density at radius 3 is 2.48 bits per heavy atom. The zero-order valence-electron chi connectivity index (χ0n) is 15.9. The fourth-order valence-corrected chi connectivity index (χ4v) is 3.80. The summed E-state index contributed by atoms with van der Waals surface area (Å²) in [4.78, 5) is 14.2. The molecule has 0 saturated carbocycles. The number of hydrogen-bond acceptors (Lipinski definition) is 4. The summed E-state index contributed by atoms with van der Waals surface area (Å²) in [6.07, 6.45) is 0.671. The molecule has 27 heavy (non-hydrogen) atoms. The minimum atomic E-state index is -3.63. The third-order valence-electron chi connectivity index (χ3n) is 3.78. The van der Waals surface area contributed by atoms with Gasteiger partial charge in [-0.1, -0.05) is 24.3 Å². The first-order valence-corrected chi connectivity index (χ1v) is 10.3. The summed E-state index contributed by atoms with van der Waals surface area (Å²) >= 11 is 0. The number of carbonyl (C=O) groups is 1. The number of para-hydroxylation sites is 1. The van der Waals surface area contributed by atoms with E-state index in [1.807, 2.05) is 30.3 Å². The van der Waals surface area contributed by atoms with Gasteiger partial charge in [0.15, 0.2) is 0 Å². The second-order valence-corrected chi connectivity index (χ2v) is 8.26. The molecule has 6 nitrogen and oxygen atoms in total. The Morgan fingerprint density at radius 1 is 1.11 bits per heavy atom. The van der Waals surface area contributed by atoms with Gasteiger partial charge >= 0.3 is 0 Å². The van der Waals surface area contributed by atoms with E-state index in [0.717, 1.165) is 5.75 Å². The van der Waals surface area contributed by atoms with E-state index < -0.39 is 10.0 Å². The van der Waals surface area contributed by atoms with E-state index in [1.54, 1.807) is 37.9 Å². The van der Waals surface area contributed by atoms with Gasteiger partial charge in [-0.2, -0.15) is 0 Å². The molecule has 2 aromatic rings. The number of hydrogen-bond donors (Lipinski definition) is 1. The molecular formula is C20H26N2O4S. The van der Waals surface area contributed by atoms with E-state index in [0.29, 0.717) is 25.1 Å². The van der Waals surface area contributed by atoms with Crippen molar-refractivity contribution in [1.29, 1.82) is 0 Å². The van der Waals surface area contributed by atoms with E-state index in [9.17, 15) is 13.2 Å². The van der Waals surface area contributed by atoms with Gasteiger partial charge in [0.25, 0.3) is 5.91 Å². The van der Waals surface area contributed by atoms with Gasteiger partial charge in [0.1, 0.15) is 5.75 Å². The molecule has 0 bridgehead atoms. The van der Waals surface area contributed by atoms with Gasteiger partial charge in [0.05, 0.1) is 11.5 Å². The number of carbonyl (C=O) groups excluding carboxylic acids is 1. The van der Waals surface area contributed by atoms with Crippen molar-refractivity contribution in [2.24, 2.45) is 0 Å². The molecule has 0 spiro atoms. The highest BCUT2D eigenvalue weighted by Gasteiger charge is 2.18. The number of nitrogens with zero attached hydrogens (tertiary/aromatic N) is 1. The first-order chi connectivity index (χ1) is 12.8. The van der Waals surface area contributed by atoms with Crippen LogP contribution >= 0.6 is 0 Å². The van der Waals surface area contributed by atoms with Crippen LogP contribution in [-0.2, 0) is 10.0 Å². The van der Waals surface area contributed by atoms with Crippen molar-refractivity contribution < 1.29 is 17.9 Å². The van der Waals surface area contributed by atoms with Gasteiger partial charge in [-0.05, 0) is 50.6 Å². The molecule has 0 atom stereocenters. The van der Waals surface area contributed by atoms with Crippen molar-refractivity contribution in [3.63, 3.8) is 0 Å². The zero-order valence-corrected chi connectivity index (χ0v) is 16.7. The maximum Gasteiger partial charge on any atom is 0.253 e. The maximum absolute atomic E-state index is 12.6. The minimum Gasteiger partial charge on any atom is -0.494 e. The van der Waals surface area contributed by atoms with E-state index in [-0.39, 0.29) is 16.8 Å². The lowest BCUT2D eigenvalue weighted by Crippen LogP contribution is -2.31. The number of rotatable bonds is 9. The summed E-state index contributed by atoms with van der Waals surface area (Å²) in [6, 6.07) is 15.4. The van der Waals surface area contributed by atoms with E-state index >= 15 is 0 Å². The summed E-state index contributed by atoms with van der Waals surface area (Å²) in [6.45, 7) is 4.50. The van der Waals surface area contributed by atoms with Crippen molar-refractivity contribution in [2.75, 3.05) is 20.2 Å². The van der Waals surface area contributed by atoms with Gasteiger partial charge in [0, 0.05) is 25.2 Å². The number of amides is 1. The Balaban J connectivity index is 1.93. The molecule has 0 radical (unpaired) electrons. The lowest BCUT2D eigenvalue weighted by atomic mass is 10.2. The highest BCUT2D eigenvalue weighted by atomic mass is 32.2. The van der Waals surface area contributed by atoms with Crippen molar-refractivity contribution in [3.8, 4) is 5.75 Å². The molecule has 0 heterocycles. The zero-order chi connectivity index (χ0) is 19.9. The Bertz CT molecular complexity index is 851. The van der Waals surface area contributed by atoms with Crippen LogP contribution in [0.1, 0.15) is 30.6 Å². The SMILES string of the molecule is CC(C)NS(=O)(=O)c1cccc(C(=O)N(C)CCCOc2ccccc2)c1. The largest absolute Gasteiger partial charge is 0.494 e. The smallest absolute Gasteiger partial charge is 0.253 e. The Labute approximate surface area is 161 Å². The first-order valence-electron chi connectivity index (χ1n) is 8.85. The predicted molar refractivity (Wildman–Crippen MR) is 105 cm³/mol. The van der Waals surface area contributed by atoms with Crippen molar-refractivity contribution >= 4 is 15.9 Å². The molecule has 1 amide bonds. The molecule has 0 aromatic heterocycles. The van der Waals surface area contributed by atoms with Crippen molar-refractivity contribution in [2.45, 2.75) is 31.2 Å². The molecule has 0 aliphatic heterocycles. The van der Waals surface area contributed by atoms with Gasteiger partial charge < -0.3 is 9.64 Å². The summed E-state index contributed by atoms with van der Waals surface area (Å²) in [5.41, 5.74) is 0.341. The lowest BCUT2D eigenvalue weighted by Gasteiger charge is -2.18. The van der Waals surface area contributed by atoms with Gasteiger partial charge in [0.2, 0.25) is 10.0 Å². The van der Waals surface area contributed by atoms with Crippen LogP contribution in [0, 0.1) is 0 Å². The Hall–Kier alpha value is -2.38. The van der Waals surface area contributed by atoms with Crippen molar-refractivity contribution in [1.82, 2.24) is 9.62 Å². The van der Waals surface area contributed by atoms with Crippen LogP contribution in [0.25, 0.3) is 0 Å². The fraction of sp³-hybridized carbons (Fsp3) is 0.350. The molecule has 0 unspecified atom stereocenters. The monoisotopic (exact) mass is 390 g/mol. The van der Waals surface area contributed by atoms with Gasteiger partial charge in [-0.3, -0.25) is 4.79 Å². The summed E-state index contributed by atoms with van der Waals surface area (Å²) in [7, 11) is -1.94. The highest BCUT2D eigenvalue weighted by molar-refractivity contribution is 7.89. The second kappa shape index (κ2) is 9.53. The van der Waals surface area contributed by atoms with Crippen molar-refractivity contribution in [3.05, 3.63) is 60.2 Å². The third kappa shape index (κ3) is 6.37. The fourth-order valence-electron chi connectivity index (χ4n) is 2.51. The van der Waals surface area contributed by atoms with Crippen LogP contribution in [-0.4, -0.2) is 45.5 Å². The average Bonchev–Trinajstić information content (AvgIpc) is 2.64. The summed E-state index contributed by atoms with van der Waals surface area (Å²) in [5.74, 6) is 0.568. The maximum atomic E-state index is 12.6. The molecule has 2 aromatic carbocycles. The molecule has 1 N–H and O–H groups in total. The summed E-state index contributed by atoms with van der Waals surface area (Å²) in [5, 5.41) is 0. The van der Waals surface area contributed by atoms with Crippen LogP contribution in [0.4, 0.5) is 0 Å². The lowest BCUT2D eigenvalue weighted by molar-refractivity contribution is 0.0787. The standard InChI is InChI=1S/C20H26N2O4S/c1-16(2)21-27(24,25)19-12-7-9-17(15-19)20(23)22(3)13-8-14-26-18-10-5-4-6-11-18/h4-7,9-12,15-16,21H,8,13-14H2,1-3H3.